The van der Waals surface area contributed by atoms with Crippen LogP contribution in [-0.2, 0) is 19.2 Å². The van der Waals surface area contributed by atoms with E-state index in [4.69, 9.17) is 15.3 Å². The Hall–Kier alpha value is -5.32. The fourth-order valence-electron chi connectivity index (χ4n) is 3.02. The van der Waals surface area contributed by atoms with Crippen LogP contribution in [0.4, 0.5) is 22.7 Å². The molecule has 0 aromatic heterocycles. The van der Waals surface area contributed by atoms with Gasteiger partial charge in [0.1, 0.15) is 0 Å². The van der Waals surface area contributed by atoms with Crippen molar-refractivity contribution < 1.29 is 34.5 Å². The molecule has 0 saturated carbocycles. The molecular formula is C28H28N4O7. The van der Waals surface area contributed by atoms with Crippen LogP contribution in [0.2, 0.25) is 0 Å². The monoisotopic (exact) mass is 532 g/mol. The van der Waals surface area contributed by atoms with E-state index >= 15 is 0 Å². The molecule has 11 heteroatoms. The summed E-state index contributed by atoms with van der Waals surface area (Å²) in [5.41, 5.74) is 2.77. The molecule has 0 aliphatic carbocycles. The maximum atomic E-state index is 11.4. The number of hydrogen-bond donors (Lipinski definition) is 4. The number of carbonyl (C=O) groups excluding carboxylic acids is 1. The van der Waals surface area contributed by atoms with Gasteiger partial charge in [0.05, 0.1) is 24.2 Å². The molecule has 39 heavy (non-hydrogen) atoms. The van der Waals surface area contributed by atoms with Gasteiger partial charge < -0.3 is 25.5 Å². The average molecular weight is 533 g/mol. The van der Waals surface area contributed by atoms with E-state index in [2.05, 4.69) is 15.5 Å². The molecule has 0 radical (unpaired) electrons. The van der Waals surface area contributed by atoms with Gasteiger partial charge in [-0.2, -0.15) is 10.2 Å². The van der Waals surface area contributed by atoms with Crippen molar-refractivity contribution >= 4 is 46.6 Å². The Balaban J connectivity index is 0.000000283. The lowest BCUT2D eigenvalue weighted by atomic mass is 10.2. The van der Waals surface area contributed by atoms with Gasteiger partial charge in [-0.25, -0.2) is 4.79 Å². The van der Waals surface area contributed by atoms with E-state index in [1.807, 2.05) is 60.7 Å². The zero-order valence-electron chi connectivity index (χ0n) is 20.9. The normalized spacial score (nSPS) is 10.5. The lowest BCUT2D eigenvalue weighted by Gasteiger charge is -2.23. The van der Waals surface area contributed by atoms with Crippen LogP contribution < -0.4 is 10.2 Å². The highest BCUT2D eigenvalue weighted by molar-refractivity contribution is 6.02. The van der Waals surface area contributed by atoms with Crippen molar-refractivity contribution in [3.8, 4) is 0 Å². The number of azo groups is 1. The number of aliphatic carboxylic acids is 3. The summed E-state index contributed by atoms with van der Waals surface area (Å²) >= 11 is 0. The number of amides is 1. The molecule has 1 amide bonds. The van der Waals surface area contributed by atoms with Gasteiger partial charge in [0.15, 0.2) is 0 Å². The van der Waals surface area contributed by atoms with Gasteiger partial charge in [-0.3, -0.25) is 14.4 Å². The number of hydrogen-bond acceptors (Lipinski definition) is 7. The summed E-state index contributed by atoms with van der Waals surface area (Å²) in [5.74, 6) is -3.46. The van der Waals surface area contributed by atoms with Crippen molar-refractivity contribution in [2.24, 2.45) is 10.2 Å². The molecule has 4 N–H and O–H groups in total. The van der Waals surface area contributed by atoms with Gasteiger partial charge in [-0.1, -0.05) is 36.4 Å². The third-order valence-electron chi connectivity index (χ3n) is 4.86. The van der Waals surface area contributed by atoms with Crippen LogP contribution in [0.15, 0.2) is 107 Å². The smallest absolute Gasteiger partial charge is 0.328 e. The number of nitrogens with one attached hydrogen (secondary N) is 1. The highest BCUT2D eigenvalue weighted by Crippen LogP contribution is 2.20. The number of para-hydroxylation sites is 1. The number of carbonyl (C=O) groups is 4. The highest BCUT2D eigenvalue weighted by Gasteiger charge is 2.10. The van der Waals surface area contributed by atoms with E-state index in [9.17, 15) is 19.2 Å². The van der Waals surface area contributed by atoms with E-state index in [0.717, 1.165) is 23.5 Å². The second-order valence-corrected chi connectivity index (χ2v) is 7.85. The zero-order chi connectivity index (χ0) is 28.5. The molecule has 0 spiro atoms. The Morgan fingerprint density at radius 3 is 1.64 bits per heavy atom. The summed E-state index contributed by atoms with van der Waals surface area (Å²) in [7, 11) is 0. The van der Waals surface area contributed by atoms with Crippen LogP contribution in [0.3, 0.4) is 0 Å². The van der Waals surface area contributed by atoms with Gasteiger partial charge in [0, 0.05) is 36.6 Å². The van der Waals surface area contributed by atoms with E-state index < -0.39 is 23.8 Å². The van der Waals surface area contributed by atoms with Crippen LogP contribution in [0.25, 0.3) is 0 Å². The second kappa shape index (κ2) is 16.4. The van der Waals surface area contributed by atoms with Crippen molar-refractivity contribution in [3.63, 3.8) is 0 Å². The number of benzene rings is 3. The lowest BCUT2D eigenvalue weighted by molar-refractivity contribution is -0.137. The first-order chi connectivity index (χ1) is 18.7. The lowest BCUT2D eigenvalue weighted by Crippen LogP contribution is -2.28. The largest absolute Gasteiger partial charge is 0.481 e. The first-order valence-corrected chi connectivity index (χ1v) is 11.8. The van der Waals surface area contributed by atoms with Crippen molar-refractivity contribution in [1.82, 2.24) is 0 Å². The van der Waals surface area contributed by atoms with Crippen LogP contribution in [-0.4, -0.2) is 52.2 Å². The first-order valence-electron chi connectivity index (χ1n) is 11.8. The van der Waals surface area contributed by atoms with E-state index in [-0.39, 0.29) is 12.8 Å². The molecule has 11 nitrogen and oxygen atoms in total. The summed E-state index contributed by atoms with van der Waals surface area (Å²) in [4.78, 5) is 44.5. The number of carboxylic acid groups (broad SMARTS) is 3. The van der Waals surface area contributed by atoms with Crippen LogP contribution in [0.1, 0.15) is 12.8 Å². The van der Waals surface area contributed by atoms with E-state index in [0.29, 0.717) is 24.5 Å². The van der Waals surface area contributed by atoms with Crippen LogP contribution >= 0.6 is 0 Å². The third kappa shape index (κ3) is 13.0. The second-order valence-electron chi connectivity index (χ2n) is 7.85. The van der Waals surface area contributed by atoms with Crippen LogP contribution in [0.5, 0.6) is 0 Å². The van der Waals surface area contributed by atoms with E-state index in [1.165, 1.54) is 0 Å². The number of carboxylic acids is 3. The molecule has 0 atom stereocenters. The van der Waals surface area contributed by atoms with Gasteiger partial charge in [0.25, 0.3) is 0 Å². The van der Waals surface area contributed by atoms with Crippen molar-refractivity contribution in [3.05, 3.63) is 97.1 Å². The minimum atomic E-state index is -1.17. The van der Waals surface area contributed by atoms with Gasteiger partial charge >= 0.3 is 17.9 Å². The van der Waals surface area contributed by atoms with Crippen molar-refractivity contribution in [2.45, 2.75) is 12.8 Å². The van der Waals surface area contributed by atoms with Gasteiger partial charge in [-0.15, -0.1) is 0 Å². The first kappa shape index (κ1) is 29.9. The number of rotatable bonds is 12. The molecule has 0 fully saturated rings. The Morgan fingerprint density at radius 2 is 1.15 bits per heavy atom. The van der Waals surface area contributed by atoms with Crippen molar-refractivity contribution in [1.29, 1.82) is 0 Å². The summed E-state index contributed by atoms with van der Waals surface area (Å²) in [5, 5.41) is 36.4. The Labute approximate surface area is 224 Å². The molecule has 0 aliphatic heterocycles. The fraction of sp³-hybridized carbons (Fsp3) is 0.143. The van der Waals surface area contributed by atoms with Gasteiger partial charge in [-0.05, 0) is 48.5 Å². The van der Waals surface area contributed by atoms with Crippen LogP contribution in [0, 0.1) is 0 Å². The molecule has 0 bridgehead atoms. The summed E-state index contributed by atoms with van der Waals surface area (Å²) in [6.45, 7) is 0.624. The molecule has 0 heterocycles. The molecular weight excluding hydrogens is 504 g/mol. The third-order valence-corrected chi connectivity index (χ3v) is 4.86. The minimum Gasteiger partial charge on any atom is -0.481 e. The van der Waals surface area contributed by atoms with E-state index in [1.54, 1.807) is 29.2 Å². The molecule has 0 aliphatic rings. The highest BCUT2D eigenvalue weighted by atomic mass is 16.4. The minimum absolute atomic E-state index is 0.00544. The number of anilines is 2. The topological polar surface area (TPSA) is 169 Å². The predicted octanol–water partition coefficient (Wildman–Crippen LogP) is 5.12. The molecule has 3 rings (SSSR count). The van der Waals surface area contributed by atoms with Gasteiger partial charge in [0.2, 0.25) is 5.91 Å². The number of nitrogens with zero attached hydrogens (tertiary/aromatic N) is 3. The standard InChI is InChI=1S/C16H13N3O3.C12H15NO4/c20-15(10-11-16(21)22)17-12-6-8-14(9-7-12)19-18-13-4-2-1-3-5-13;14-11(15)6-8-13(9-7-12(16)17)10-4-2-1-3-5-10/h1-11H,(H,17,20)(H,21,22);1-5H,6-9H2,(H,14,15)(H,16,17). The Morgan fingerprint density at radius 1 is 0.667 bits per heavy atom. The summed E-state index contributed by atoms with van der Waals surface area (Å²) < 4.78 is 0. The molecule has 202 valence electrons. The average Bonchev–Trinajstić information content (AvgIpc) is 2.93. The molecule has 3 aromatic carbocycles. The predicted molar refractivity (Wildman–Crippen MR) is 146 cm³/mol. The quantitative estimate of drug-likeness (QED) is 0.184. The SMILES string of the molecule is O=C(O)C=CC(=O)Nc1ccc(N=Nc2ccccc2)cc1.O=C(O)CCN(CCC(=O)O)c1ccccc1. The maximum absolute atomic E-state index is 11.4. The van der Waals surface area contributed by atoms with Crippen molar-refractivity contribution in [2.75, 3.05) is 23.3 Å². The molecule has 0 saturated heterocycles. The Kier molecular flexibility index (Phi) is 12.6. The Bertz CT molecular complexity index is 1260. The fourth-order valence-corrected chi connectivity index (χ4v) is 3.02. The molecule has 3 aromatic rings. The maximum Gasteiger partial charge on any atom is 0.328 e. The molecule has 0 unspecified atom stereocenters. The summed E-state index contributed by atoms with van der Waals surface area (Å²) in [6, 6.07) is 25.2. The summed E-state index contributed by atoms with van der Waals surface area (Å²) in [6.07, 6.45) is 1.71. The zero-order valence-corrected chi connectivity index (χ0v) is 20.9.